The first kappa shape index (κ1) is 26.2. The monoisotopic (exact) mass is 505 g/mol. The largest absolute Gasteiger partial charge is 0.492 e. The van der Waals surface area contributed by atoms with Crippen molar-refractivity contribution in [2.75, 3.05) is 38.4 Å². The number of hydrogen-bond acceptors (Lipinski definition) is 7. The van der Waals surface area contributed by atoms with Crippen LogP contribution in [0.4, 0.5) is 15.0 Å². The summed E-state index contributed by atoms with van der Waals surface area (Å²) in [6.45, 7) is 7.98. The van der Waals surface area contributed by atoms with Gasteiger partial charge in [-0.25, -0.2) is 14.3 Å². The third kappa shape index (κ3) is 7.28. The molecule has 1 unspecified atom stereocenters. The zero-order chi connectivity index (χ0) is 24.8. The number of likely N-dealkylation sites (N-methyl/N-ethyl adjacent to an activating group) is 1. The molecule has 0 aliphatic carbocycles. The number of thioether (sulfide) groups is 1. The number of pyridine rings is 1. The molecule has 1 saturated heterocycles. The van der Waals surface area contributed by atoms with Gasteiger partial charge in [0.15, 0.2) is 0 Å². The van der Waals surface area contributed by atoms with Crippen molar-refractivity contribution in [2.45, 2.75) is 37.1 Å². The van der Waals surface area contributed by atoms with E-state index in [4.69, 9.17) is 9.47 Å². The summed E-state index contributed by atoms with van der Waals surface area (Å²) in [4.78, 5) is 32.0. The molecule has 7 nitrogen and oxygen atoms in total. The second kappa shape index (κ2) is 11.3. The van der Waals surface area contributed by atoms with Crippen molar-refractivity contribution in [3.05, 3.63) is 54.2 Å². The molecule has 2 heterocycles. The number of ether oxygens (including phenoxy) is 2. The van der Waals surface area contributed by atoms with Gasteiger partial charge in [0.25, 0.3) is 11.1 Å². The minimum absolute atomic E-state index is 0.198. The summed E-state index contributed by atoms with van der Waals surface area (Å²) in [5, 5.41) is -2.94. The lowest BCUT2D eigenvalue weighted by molar-refractivity contribution is -0.137. The molecule has 34 heavy (non-hydrogen) atoms. The molecule has 1 aromatic carbocycles. The van der Waals surface area contributed by atoms with Gasteiger partial charge in [0.1, 0.15) is 24.9 Å². The van der Waals surface area contributed by atoms with Gasteiger partial charge >= 0.3 is 0 Å². The summed E-state index contributed by atoms with van der Waals surface area (Å²) < 4.78 is 26.7. The van der Waals surface area contributed by atoms with Crippen LogP contribution in [0.5, 0.6) is 5.75 Å². The van der Waals surface area contributed by atoms with Crippen molar-refractivity contribution in [3.8, 4) is 5.75 Å². The summed E-state index contributed by atoms with van der Waals surface area (Å²) in [5.41, 5.74) is 0.607. The van der Waals surface area contributed by atoms with Gasteiger partial charge in [-0.2, -0.15) is 0 Å². The highest BCUT2D eigenvalue weighted by Gasteiger charge is 2.53. The maximum absolute atomic E-state index is 15.4. The first-order valence-corrected chi connectivity index (χ1v) is 15.8. The average molecular weight is 506 g/mol. The highest BCUT2D eigenvalue weighted by molar-refractivity contribution is 8.15. The lowest BCUT2D eigenvalue weighted by atomic mass is 10.1. The van der Waals surface area contributed by atoms with Crippen LogP contribution >= 0.6 is 11.8 Å². The molecule has 2 amide bonds. The molecule has 10 heteroatoms. The fourth-order valence-corrected chi connectivity index (χ4v) is 4.96. The predicted molar refractivity (Wildman–Crippen MR) is 136 cm³/mol. The van der Waals surface area contributed by atoms with E-state index in [1.54, 1.807) is 30.5 Å². The van der Waals surface area contributed by atoms with Crippen molar-refractivity contribution >= 4 is 36.8 Å². The molecule has 0 spiro atoms. The molecule has 1 aliphatic rings. The number of benzene rings is 1. The predicted octanol–water partition coefficient (Wildman–Crippen LogP) is 4.81. The van der Waals surface area contributed by atoms with E-state index >= 15 is 4.39 Å². The molecule has 1 aromatic heterocycles. The van der Waals surface area contributed by atoms with Crippen LogP contribution in [0, 0.1) is 0 Å². The maximum atomic E-state index is 15.4. The van der Waals surface area contributed by atoms with Gasteiger partial charge in [0.05, 0.1) is 6.54 Å². The van der Waals surface area contributed by atoms with E-state index in [9.17, 15) is 9.59 Å². The number of hydrogen-bond donors (Lipinski definition) is 0. The number of carbonyl (C=O) groups excluding carboxylic acids is 2. The van der Waals surface area contributed by atoms with Crippen LogP contribution in [-0.2, 0) is 16.0 Å². The number of carbonyl (C=O) groups is 2. The van der Waals surface area contributed by atoms with Crippen molar-refractivity contribution in [1.82, 2.24) is 9.88 Å². The van der Waals surface area contributed by atoms with Gasteiger partial charge in [-0.05, 0) is 47.6 Å². The molecule has 184 valence electrons. The van der Waals surface area contributed by atoms with E-state index in [-0.39, 0.29) is 13.2 Å². The third-order valence-corrected chi connectivity index (χ3v) is 8.08. The highest BCUT2D eigenvalue weighted by atomic mass is 32.2. The molecule has 0 saturated carbocycles. The summed E-state index contributed by atoms with van der Waals surface area (Å²) >= 11 is 0.418. The SMILES string of the molecule is CN(CCOc1ccc(CC2(F)SC(=O)N(COCC[Si](C)(C)C)C2=O)cc1)c1ccccn1. The number of rotatable bonds is 12. The fourth-order valence-electron chi connectivity index (χ4n) is 3.24. The number of halogens is 1. The molecule has 1 fully saturated rings. The van der Waals surface area contributed by atoms with Crippen LogP contribution in [-0.4, -0.2) is 67.6 Å². The second-order valence-electron chi connectivity index (χ2n) is 9.46. The highest BCUT2D eigenvalue weighted by Crippen LogP contribution is 2.41. The average Bonchev–Trinajstić information content (AvgIpc) is 3.00. The Hall–Kier alpha value is -2.43. The summed E-state index contributed by atoms with van der Waals surface area (Å²) in [6.07, 6.45) is 1.54. The molecule has 2 aromatic rings. The van der Waals surface area contributed by atoms with Crippen molar-refractivity contribution in [2.24, 2.45) is 0 Å². The van der Waals surface area contributed by atoms with Gasteiger partial charge in [-0.3, -0.25) is 9.59 Å². The second-order valence-corrected chi connectivity index (χ2v) is 16.3. The van der Waals surface area contributed by atoms with Gasteiger partial charge in [-0.1, -0.05) is 37.8 Å². The Morgan fingerprint density at radius 1 is 1.12 bits per heavy atom. The first-order chi connectivity index (χ1) is 16.1. The third-order valence-electron chi connectivity index (χ3n) is 5.34. The minimum atomic E-state index is -2.33. The quantitative estimate of drug-likeness (QED) is 0.303. The van der Waals surface area contributed by atoms with Crippen LogP contribution in [0.2, 0.25) is 25.7 Å². The van der Waals surface area contributed by atoms with Crippen LogP contribution in [0.15, 0.2) is 48.7 Å². The topological polar surface area (TPSA) is 72.0 Å². The minimum Gasteiger partial charge on any atom is -0.492 e. The van der Waals surface area contributed by atoms with Crippen molar-refractivity contribution < 1.29 is 23.5 Å². The summed E-state index contributed by atoms with van der Waals surface area (Å²) in [7, 11) is 0.648. The van der Waals surface area contributed by atoms with Gasteiger partial charge in [0.2, 0.25) is 5.00 Å². The smallest absolute Gasteiger partial charge is 0.293 e. The fraction of sp³-hybridized carbons (Fsp3) is 0.458. The van der Waals surface area contributed by atoms with E-state index in [2.05, 4.69) is 24.6 Å². The number of amides is 2. The van der Waals surface area contributed by atoms with Gasteiger partial charge in [0, 0.05) is 34.3 Å². The van der Waals surface area contributed by atoms with E-state index < -0.39 is 24.2 Å². The van der Waals surface area contributed by atoms with Crippen molar-refractivity contribution in [3.63, 3.8) is 0 Å². The Labute approximate surface area is 205 Å². The summed E-state index contributed by atoms with van der Waals surface area (Å²) in [6, 6.07) is 13.5. The Morgan fingerprint density at radius 3 is 2.50 bits per heavy atom. The Balaban J connectivity index is 1.48. The Morgan fingerprint density at radius 2 is 1.85 bits per heavy atom. The Bertz CT molecular complexity index is 974. The zero-order valence-corrected chi connectivity index (χ0v) is 21.9. The van der Waals surface area contributed by atoms with Crippen LogP contribution in [0.1, 0.15) is 5.56 Å². The van der Waals surface area contributed by atoms with Crippen LogP contribution < -0.4 is 9.64 Å². The van der Waals surface area contributed by atoms with E-state index in [0.717, 1.165) is 16.8 Å². The molecule has 3 rings (SSSR count). The standard InChI is InChI=1S/C24H32FN3O4SSi/c1-27(21-7-5-6-12-26-21)13-14-32-20-10-8-19(9-11-20)17-24(25)22(29)28(23(30)33-24)18-31-15-16-34(2,3)4/h5-12H,13-18H2,1-4H3. The zero-order valence-electron chi connectivity index (χ0n) is 20.1. The lowest BCUT2D eigenvalue weighted by Crippen LogP contribution is -2.39. The molecular weight excluding hydrogens is 473 g/mol. The molecule has 0 radical (unpaired) electrons. The van der Waals surface area contributed by atoms with Gasteiger partial charge < -0.3 is 14.4 Å². The van der Waals surface area contributed by atoms with Crippen LogP contribution in [0.3, 0.4) is 0 Å². The molecule has 1 aliphatic heterocycles. The number of alkyl halides is 1. The van der Waals surface area contributed by atoms with E-state index in [1.807, 2.05) is 30.1 Å². The molecule has 0 N–H and O–H groups in total. The number of imide groups is 1. The maximum Gasteiger partial charge on any atom is 0.293 e. The van der Waals surface area contributed by atoms with E-state index in [0.29, 0.717) is 42.8 Å². The van der Waals surface area contributed by atoms with Crippen LogP contribution in [0.25, 0.3) is 0 Å². The first-order valence-electron chi connectivity index (χ1n) is 11.2. The van der Waals surface area contributed by atoms with Gasteiger partial charge in [-0.15, -0.1) is 0 Å². The van der Waals surface area contributed by atoms with Crippen molar-refractivity contribution in [1.29, 1.82) is 0 Å². The Kier molecular flexibility index (Phi) is 8.72. The molecule has 1 atom stereocenters. The number of aromatic nitrogens is 1. The molecule has 0 bridgehead atoms. The lowest BCUT2D eigenvalue weighted by Gasteiger charge is -2.19. The van der Waals surface area contributed by atoms with E-state index in [1.165, 1.54) is 0 Å². The summed E-state index contributed by atoms with van der Waals surface area (Å²) in [5.74, 6) is 0.650. The number of anilines is 1. The normalized spacial score (nSPS) is 18.4. The number of nitrogens with zero attached hydrogens (tertiary/aromatic N) is 3. The molecular formula is C24H32FN3O4SSi.